The Morgan fingerprint density at radius 3 is 2.55 bits per heavy atom. The highest BCUT2D eigenvalue weighted by Crippen LogP contribution is 2.35. The number of hydrogen-bond acceptors (Lipinski definition) is 3. The maximum absolute atomic E-state index is 7.37. The minimum Gasteiger partial charge on any atom is -0.491 e. The van der Waals surface area contributed by atoms with Crippen LogP contribution in [0.2, 0.25) is 0 Å². The molecule has 0 aliphatic heterocycles. The van der Waals surface area contributed by atoms with Crippen LogP contribution in [0.15, 0.2) is 72.9 Å². The summed E-state index contributed by atoms with van der Waals surface area (Å²) in [5.74, 6) is 0.800. The molecular weight excluding hydrogens is 362 g/mol. The van der Waals surface area contributed by atoms with Gasteiger partial charge in [-0.1, -0.05) is 18.2 Å². The van der Waals surface area contributed by atoms with Gasteiger partial charge < -0.3 is 19.8 Å². The Labute approximate surface area is 169 Å². The molecule has 0 aliphatic rings. The second kappa shape index (κ2) is 8.09. The van der Waals surface area contributed by atoms with E-state index in [-0.39, 0.29) is 0 Å². The Bertz CT molecular complexity index is 1190. The van der Waals surface area contributed by atoms with Crippen molar-refractivity contribution >= 4 is 22.3 Å². The molecule has 4 rings (SSSR count). The maximum atomic E-state index is 7.37. The summed E-state index contributed by atoms with van der Waals surface area (Å²) in [6, 6.07) is 21.5. The molecule has 0 spiro atoms. The van der Waals surface area contributed by atoms with Crippen molar-refractivity contribution in [3.05, 3.63) is 84.3 Å². The van der Waals surface area contributed by atoms with Crippen molar-refractivity contribution in [2.75, 3.05) is 26.1 Å². The largest absolute Gasteiger partial charge is 0.491 e. The number of hydrogen-bond donors (Lipinski definition) is 1. The van der Waals surface area contributed by atoms with Crippen LogP contribution >= 0.6 is 0 Å². The lowest BCUT2D eigenvalue weighted by molar-refractivity contribution is 0.146. The van der Waals surface area contributed by atoms with Crippen LogP contribution in [0.1, 0.15) is 0 Å². The lowest BCUT2D eigenvalue weighted by atomic mass is 10.0. The number of nitrogens with two attached hydrogens (primary N) is 1. The minimum atomic E-state index is 0.515. The Morgan fingerprint density at radius 2 is 1.83 bits per heavy atom. The molecule has 144 valence electrons. The molecular formula is C24H21N3O2. The molecule has 0 fully saturated rings. The molecule has 0 unspecified atom stereocenters. The third-order valence-electron chi connectivity index (χ3n) is 4.79. The molecule has 5 heteroatoms. The van der Waals surface area contributed by atoms with E-state index >= 15 is 0 Å². The second-order valence-electron chi connectivity index (χ2n) is 6.69. The van der Waals surface area contributed by atoms with E-state index in [1.807, 2.05) is 66.7 Å². The van der Waals surface area contributed by atoms with Crippen molar-refractivity contribution in [3.8, 4) is 22.6 Å². The van der Waals surface area contributed by atoms with Crippen molar-refractivity contribution < 1.29 is 9.47 Å². The fourth-order valence-electron chi connectivity index (χ4n) is 3.38. The Morgan fingerprint density at radius 1 is 1.00 bits per heavy atom. The molecule has 3 aromatic carbocycles. The number of nitrogen functional groups attached to an aromatic ring is 1. The van der Waals surface area contributed by atoms with Gasteiger partial charge in [-0.25, -0.2) is 4.85 Å². The molecule has 0 saturated carbocycles. The average molecular weight is 383 g/mol. The Balaban J connectivity index is 1.80. The van der Waals surface area contributed by atoms with Gasteiger partial charge in [-0.05, 0) is 59.5 Å². The fourth-order valence-corrected chi connectivity index (χ4v) is 3.38. The van der Waals surface area contributed by atoms with Gasteiger partial charge in [0.1, 0.15) is 12.4 Å². The van der Waals surface area contributed by atoms with E-state index in [0.29, 0.717) is 24.6 Å². The van der Waals surface area contributed by atoms with Gasteiger partial charge in [0.25, 0.3) is 0 Å². The summed E-state index contributed by atoms with van der Waals surface area (Å²) in [6.07, 6.45) is 2.09. The van der Waals surface area contributed by atoms with E-state index in [4.69, 9.17) is 21.8 Å². The van der Waals surface area contributed by atoms with Crippen LogP contribution in [-0.2, 0) is 4.74 Å². The monoisotopic (exact) mass is 383 g/mol. The molecule has 0 aliphatic carbocycles. The second-order valence-corrected chi connectivity index (χ2v) is 6.69. The molecule has 1 aromatic heterocycles. The zero-order chi connectivity index (χ0) is 20.2. The van der Waals surface area contributed by atoms with Crippen LogP contribution in [0.25, 0.3) is 32.6 Å². The van der Waals surface area contributed by atoms with Crippen molar-refractivity contribution in [1.29, 1.82) is 0 Å². The first-order valence-corrected chi connectivity index (χ1v) is 9.30. The SMILES string of the molecule is [C-]#[N+]c1ccc2c(c1)c(-c1cccc(N)c1)cn2-c1ccc(OCCOC)cc1. The van der Waals surface area contributed by atoms with Crippen molar-refractivity contribution in [1.82, 2.24) is 4.57 Å². The van der Waals surface area contributed by atoms with E-state index < -0.39 is 0 Å². The summed E-state index contributed by atoms with van der Waals surface area (Å²) in [7, 11) is 1.65. The lowest BCUT2D eigenvalue weighted by Gasteiger charge is -2.08. The van der Waals surface area contributed by atoms with Crippen LogP contribution in [0.5, 0.6) is 5.75 Å². The van der Waals surface area contributed by atoms with Crippen LogP contribution in [0, 0.1) is 6.57 Å². The van der Waals surface area contributed by atoms with Gasteiger partial charge in [0, 0.05) is 30.2 Å². The molecule has 0 atom stereocenters. The molecule has 0 radical (unpaired) electrons. The predicted molar refractivity (Wildman–Crippen MR) is 117 cm³/mol. The summed E-state index contributed by atoms with van der Waals surface area (Å²) >= 11 is 0. The zero-order valence-electron chi connectivity index (χ0n) is 16.1. The van der Waals surface area contributed by atoms with E-state index in [2.05, 4.69) is 15.6 Å². The quantitative estimate of drug-likeness (QED) is 0.273. The topological polar surface area (TPSA) is 53.8 Å². The average Bonchev–Trinajstić information content (AvgIpc) is 3.13. The summed E-state index contributed by atoms with van der Waals surface area (Å²) in [5, 5.41) is 1.02. The van der Waals surface area contributed by atoms with Crippen LogP contribution < -0.4 is 10.5 Å². The fraction of sp³-hybridized carbons (Fsp3) is 0.125. The standard InChI is InChI=1S/C24H21N3O2/c1-26-19-6-11-24-22(15-19)23(17-4-3-5-18(25)14-17)16-27(24)20-7-9-21(10-8-20)29-13-12-28-2/h3-11,14-16H,12-13,25H2,2H3. The van der Waals surface area contributed by atoms with Crippen molar-refractivity contribution in [2.45, 2.75) is 0 Å². The van der Waals surface area contributed by atoms with Crippen LogP contribution in [0.3, 0.4) is 0 Å². The summed E-state index contributed by atoms with van der Waals surface area (Å²) in [6.45, 7) is 8.44. The summed E-state index contributed by atoms with van der Waals surface area (Å²) in [4.78, 5) is 3.59. The number of benzene rings is 3. The Hall–Kier alpha value is -3.75. The van der Waals surface area contributed by atoms with Crippen molar-refractivity contribution in [2.24, 2.45) is 0 Å². The van der Waals surface area contributed by atoms with Gasteiger partial charge in [-0.15, -0.1) is 0 Å². The molecule has 0 amide bonds. The normalized spacial score (nSPS) is 10.8. The number of aromatic nitrogens is 1. The van der Waals surface area contributed by atoms with E-state index in [1.54, 1.807) is 7.11 Å². The molecule has 29 heavy (non-hydrogen) atoms. The van der Waals surface area contributed by atoms with E-state index in [1.165, 1.54) is 0 Å². The molecule has 0 bridgehead atoms. The summed E-state index contributed by atoms with van der Waals surface area (Å²) in [5.41, 5.74) is 11.4. The van der Waals surface area contributed by atoms with Crippen molar-refractivity contribution in [3.63, 3.8) is 0 Å². The first-order chi connectivity index (χ1) is 14.2. The van der Waals surface area contributed by atoms with Gasteiger partial charge >= 0.3 is 0 Å². The number of fused-ring (bicyclic) bond motifs is 1. The third-order valence-corrected chi connectivity index (χ3v) is 4.79. The molecule has 1 heterocycles. The Kier molecular flexibility index (Phi) is 5.19. The molecule has 0 saturated heterocycles. The van der Waals surface area contributed by atoms with Gasteiger partial charge in [0.05, 0.1) is 18.7 Å². The summed E-state index contributed by atoms with van der Waals surface area (Å²) < 4.78 is 12.8. The van der Waals surface area contributed by atoms with Gasteiger partial charge in [-0.2, -0.15) is 0 Å². The van der Waals surface area contributed by atoms with Crippen LogP contribution in [0.4, 0.5) is 11.4 Å². The predicted octanol–water partition coefficient (Wildman–Crippen LogP) is 5.46. The highest BCUT2D eigenvalue weighted by atomic mass is 16.5. The molecule has 4 aromatic rings. The number of nitrogens with zero attached hydrogens (tertiary/aromatic N) is 2. The zero-order valence-corrected chi connectivity index (χ0v) is 16.1. The first kappa shape index (κ1) is 18.6. The smallest absolute Gasteiger partial charge is 0.188 e. The number of anilines is 1. The number of rotatable bonds is 6. The number of ether oxygens (including phenoxy) is 2. The molecule has 2 N–H and O–H groups in total. The first-order valence-electron chi connectivity index (χ1n) is 9.30. The minimum absolute atomic E-state index is 0.515. The van der Waals surface area contributed by atoms with Gasteiger partial charge in [-0.3, -0.25) is 0 Å². The molecule has 5 nitrogen and oxygen atoms in total. The number of methoxy groups -OCH3 is 1. The van der Waals surface area contributed by atoms with Crippen LogP contribution in [-0.4, -0.2) is 24.9 Å². The van der Waals surface area contributed by atoms with E-state index in [9.17, 15) is 0 Å². The van der Waals surface area contributed by atoms with Gasteiger partial charge in [0.2, 0.25) is 0 Å². The lowest BCUT2D eigenvalue weighted by Crippen LogP contribution is -2.04. The maximum Gasteiger partial charge on any atom is 0.188 e. The third kappa shape index (κ3) is 3.79. The van der Waals surface area contributed by atoms with E-state index in [0.717, 1.165) is 33.5 Å². The van der Waals surface area contributed by atoms with Gasteiger partial charge in [0.15, 0.2) is 5.69 Å². The highest BCUT2D eigenvalue weighted by molar-refractivity contribution is 5.99. The highest BCUT2D eigenvalue weighted by Gasteiger charge is 2.13.